The van der Waals surface area contributed by atoms with Crippen LogP contribution in [0.25, 0.3) is 11.4 Å². The minimum absolute atomic E-state index is 0.137. The van der Waals surface area contributed by atoms with E-state index in [1.165, 1.54) is 19.2 Å². The maximum Gasteiger partial charge on any atom is 0.261 e. The Balaban J connectivity index is 1.52. The number of sulfonamides is 1. The number of hydrogen-bond donors (Lipinski definition) is 2. The Morgan fingerprint density at radius 1 is 0.971 bits per heavy atom. The summed E-state index contributed by atoms with van der Waals surface area (Å²) in [6.45, 7) is 1.69. The molecule has 0 aliphatic carbocycles. The summed E-state index contributed by atoms with van der Waals surface area (Å²) in [6.07, 6.45) is 0. The predicted molar refractivity (Wildman–Crippen MR) is 127 cm³/mol. The number of ether oxygens (including phenoxy) is 1. The average Bonchev–Trinajstić information content (AvgIpc) is 3.28. The predicted octanol–water partition coefficient (Wildman–Crippen LogP) is 3.10. The zero-order valence-corrected chi connectivity index (χ0v) is 19.3. The van der Waals surface area contributed by atoms with Crippen molar-refractivity contribution in [3.8, 4) is 17.1 Å². The molecule has 0 saturated heterocycles. The van der Waals surface area contributed by atoms with Gasteiger partial charge >= 0.3 is 0 Å². The summed E-state index contributed by atoms with van der Waals surface area (Å²) >= 11 is 0. The van der Waals surface area contributed by atoms with Gasteiger partial charge in [-0.25, -0.2) is 8.42 Å². The Labute approximate surface area is 196 Å². The molecule has 0 radical (unpaired) electrons. The number of amides is 1. The van der Waals surface area contributed by atoms with Crippen molar-refractivity contribution < 1.29 is 17.9 Å². The third kappa shape index (κ3) is 5.21. The van der Waals surface area contributed by atoms with Gasteiger partial charge in [0.2, 0.25) is 11.7 Å². The maximum absolute atomic E-state index is 12.8. The summed E-state index contributed by atoms with van der Waals surface area (Å²) in [7, 11) is -2.31. The number of tetrazole rings is 1. The fraction of sp³-hybridized carbons (Fsp3) is 0.130. The van der Waals surface area contributed by atoms with Gasteiger partial charge in [-0.1, -0.05) is 42.0 Å². The lowest BCUT2D eigenvalue weighted by Gasteiger charge is -2.11. The monoisotopic (exact) mass is 478 g/mol. The first-order valence-electron chi connectivity index (χ1n) is 10.3. The Morgan fingerprint density at radius 2 is 1.65 bits per heavy atom. The highest BCUT2D eigenvalue weighted by Crippen LogP contribution is 2.27. The standard InChI is InChI=1S/C23H22N6O4S/c1-16-11-13-17(14-12-16)34(31,32)27-19-8-4-3-7-18(19)23-25-28-29(26-23)15-22(30)24-20-9-5-6-10-21(20)33-2/h3-14,27H,15H2,1-2H3,(H,24,30). The van der Waals surface area contributed by atoms with Gasteiger partial charge in [-0.3, -0.25) is 9.52 Å². The van der Waals surface area contributed by atoms with Gasteiger partial charge in [-0.15, -0.1) is 10.2 Å². The van der Waals surface area contributed by atoms with Crippen molar-refractivity contribution in [3.05, 3.63) is 78.4 Å². The number of hydrogen-bond acceptors (Lipinski definition) is 7. The van der Waals surface area contributed by atoms with Crippen molar-refractivity contribution in [1.82, 2.24) is 20.2 Å². The molecule has 2 N–H and O–H groups in total. The summed E-state index contributed by atoms with van der Waals surface area (Å²) in [5.74, 6) is 0.326. The molecule has 10 nitrogen and oxygen atoms in total. The van der Waals surface area contributed by atoms with Crippen LogP contribution in [-0.2, 0) is 21.4 Å². The van der Waals surface area contributed by atoms with E-state index >= 15 is 0 Å². The zero-order chi connectivity index (χ0) is 24.1. The van der Waals surface area contributed by atoms with Gasteiger partial charge in [0.25, 0.3) is 10.0 Å². The van der Waals surface area contributed by atoms with Crippen LogP contribution in [0.2, 0.25) is 0 Å². The number of carbonyl (C=O) groups is 1. The third-order valence-electron chi connectivity index (χ3n) is 4.86. The van der Waals surface area contributed by atoms with Crippen LogP contribution in [0.1, 0.15) is 5.56 Å². The lowest BCUT2D eigenvalue weighted by atomic mass is 10.2. The molecular formula is C23H22N6O4S. The molecule has 0 unspecified atom stereocenters. The molecule has 1 aromatic heterocycles. The second-order valence-electron chi connectivity index (χ2n) is 7.36. The largest absolute Gasteiger partial charge is 0.495 e. The number of anilines is 2. The van der Waals surface area contributed by atoms with Gasteiger partial charge in [-0.2, -0.15) is 4.80 Å². The fourth-order valence-corrected chi connectivity index (χ4v) is 4.25. The number of rotatable bonds is 8. The second kappa shape index (κ2) is 9.71. The topological polar surface area (TPSA) is 128 Å². The number of aryl methyl sites for hydroxylation is 1. The number of aromatic nitrogens is 4. The van der Waals surface area contributed by atoms with Gasteiger partial charge in [0.15, 0.2) is 0 Å². The number of nitrogens with one attached hydrogen (secondary N) is 2. The van der Waals surface area contributed by atoms with Crippen LogP contribution < -0.4 is 14.8 Å². The molecule has 0 aliphatic heterocycles. The van der Waals surface area contributed by atoms with E-state index in [2.05, 4.69) is 25.4 Å². The Morgan fingerprint density at radius 3 is 2.38 bits per heavy atom. The molecule has 4 aromatic rings. The highest BCUT2D eigenvalue weighted by molar-refractivity contribution is 7.92. The third-order valence-corrected chi connectivity index (χ3v) is 6.24. The number of methoxy groups -OCH3 is 1. The normalized spacial score (nSPS) is 11.1. The van der Waals surface area contributed by atoms with Gasteiger partial charge in [0.05, 0.1) is 23.4 Å². The SMILES string of the molecule is COc1ccccc1NC(=O)Cn1nnc(-c2ccccc2NS(=O)(=O)c2ccc(C)cc2)n1. The molecule has 34 heavy (non-hydrogen) atoms. The van der Waals surface area contributed by atoms with E-state index < -0.39 is 10.0 Å². The van der Waals surface area contributed by atoms with E-state index in [4.69, 9.17) is 4.74 Å². The van der Waals surface area contributed by atoms with Crippen molar-refractivity contribution >= 4 is 27.3 Å². The molecule has 0 spiro atoms. The van der Waals surface area contributed by atoms with E-state index in [1.54, 1.807) is 60.7 Å². The maximum atomic E-state index is 12.8. The molecule has 11 heteroatoms. The Kier molecular flexibility index (Phi) is 6.55. The van der Waals surface area contributed by atoms with Crippen molar-refractivity contribution in [2.45, 2.75) is 18.4 Å². The van der Waals surface area contributed by atoms with Gasteiger partial charge in [0, 0.05) is 5.56 Å². The Bertz CT molecular complexity index is 1420. The highest BCUT2D eigenvalue weighted by Gasteiger charge is 2.19. The van der Waals surface area contributed by atoms with Gasteiger partial charge in [0.1, 0.15) is 12.3 Å². The molecule has 4 rings (SSSR count). The molecule has 1 amide bonds. The lowest BCUT2D eigenvalue weighted by Crippen LogP contribution is -2.20. The number of para-hydroxylation sites is 3. The van der Waals surface area contributed by atoms with Crippen LogP contribution in [0, 0.1) is 6.92 Å². The van der Waals surface area contributed by atoms with Crippen LogP contribution >= 0.6 is 0 Å². The molecule has 0 bridgehead atoms. The van der Waals surface area contributed by atoms with Crippen LogP contribution in [-0.4, -0.2) is 41.6 Å². The quantitative estimate of drug-likeness (QED) is 0.398. The highest BCUT2D eigenvalue weighted by atomic mass is 32.2. The molecule has 0 atom stereocenters. The molecule has 0 saturated carbocycles. The van der Waals surface area contributed by atoms with Crippen molar-refractivity contribution in [2.75, 3.05) is 17.1 Å². The Hall–Kier alpha value is -4.25. The molecular weight excluding hydrogens is 456 g/mol. The average molecular weight is 479 g/mol. The second-order valence-corrected chi connectivity index (χ2v) is 9.04. The lowest BCUT2D eigenvalue weighted by molar-refractivity contribution is -0.117. The van der Waals surface area contributed by atoms with Crippen LogP contribution in [0.5, 0.6) is 5.75 Å². The van der Waals surface area contributed by atoms with Gasteiger partial charge in [-0.05, 0) is 48.5 Å². The summed E-state index contributed by atoms with van der Waals surface area (Å²) in [6, 6.07) is 20.2. The van der Waals surface area contributed by atoms with E-state index in [1.807, 2.05) is 6.92 Å². The minimum atomic E-state index is -3.82. The number of nitrogens with zero attached hydrogens (tertiary/aromatic N) is 4. The van der Waals surface area contributed by atoms with E-state index in [9.17, 15) is 13.2 Å². The summed E-state index contributed by atoms with van der Waals surface area (Å²) in [5.41, 5.74) is 2.19. The van der Waals surface area contributed by atoms with Crippen molar-refractivity contribution in [2.24, 2.45) is 0 Å². The molecule has 3 aromatic carbocycles. The first-order chi connectivity index (χ1) is 16.4. The molecule has 174 valence electrons. The minimum Gasteiger partial charge on any atom is -0.495 e. The van der Waals surface area contributed by atoms with Crippen LogP contribution in [0.4, 0.5) is 11.4 Å². The summed E-state index contributed by atoms with van der Waals surface area (Å²) < 4.78 is 33.5. The molecule has 1 heterocycles. The van der Waals surface area contributed by atoms with Gasteiger partial charge < -0.3 is 10.1 Å². The molecule has 0 fully saturated rings. The van der Waals surface area contributed by atoms with Crippen molar-refractivity contribution in [3.63, 3.8) is 0 Å². The fourth-order valence-electron chi connectivity index (χ4n) is 3.17. The van der Waals surface area contributed by atoms with Crippen LogP contribution in [0.3, 0.4) is 0 Å². The number of carbonyl (C=O) groups excluding carboxylic acids is 1. The first-order valence-corrected chi connectivity index (χ1v) is 11.7. The van der Waals surface area contributed by atoms with E-state index in [-0.39, 0.29) is 23.2 Å². The van der Waals surface area contributed by atoms with Crippen LogP contribution in [0.15, 0.2) is 77.7 Å². The number of benzene rings is 3. The summed E-state index contributed by atoms with van der Waals surface area (Å²) in [5, 5.41) is 14.9. The zero-order valence-electron chi connectivity index (χ0n) is 18.5. The van der Waals surface area contributed by atoms with Crippen molar-refractivity contribution in [1.29, 1.82) is 0 Å². The molecule has 0 aliphatic rings. The first kappa shape index (κ1) is 22.9. The van der Waals surface area contributed by atoms with E-state index in [0.717, 1.165) is 10.4 Å². The van der Waals surface area contributed by atoms with E-state index in [0.29, 0.717) is 22.7 Å². The smallest absolute Gasteiger partial charge is 0.261 e. The summed E-state index contributed by atoms with van der Waals surface area (Å²) in [4.78, 5) is 13.7.